The maximum atomic E-state index is 7.60. The zero-order valence-corrected chi connectivity index (χ0v) is 15.9. The normalized spacial score (nSPS) is 20.5. The lowest BCUT2D eigenvalue weighted by atomic mass is 9.91. The smallest absolute Gasteiger partial charge is 0.231 e. The van der Waals surface area contributed by atoms with Crippen molar-refractivity contribution in [2.75, 3.05) is 25.0 Å². The van der Waals surface area contributed by atoms with E-state index < -0.39 is 0 Å². The molecular weight excluding hydrogens is 334 g/mol. The Labute approximate surface area is 160 Å². The number of aromatic nitrogens is 2. The summed E-state index contributed by atoms with van der Waals surface area (Å²) in [6, 6.07) is 15.1. The summed E-state index contributed by atoms with van der Waals surface area (Å²) in [5.41, 5.74) is 3.96. The number of nitrogens with zero attached hydrogens (tertiary/aromatic N) is 5. The van der Waals surface area contributed by atoms with Crippen LogP contribution >= 0.6 is 0 Å². The minimum absolute atomic E-state index is 0.365. The number of fused-ring (bicyclic) bond motifs is 1. The molecule has 5 nitrogen and oxygen atoms in total. The molecule has 3 heterocycles. The Hall–Kier alpha value is -2.84. The van der Waals surface area contributed by atoms with E-state index in [1.807, 2.05) is 22.8 Å². The SMILES string of the molecule is [C-]#[N+]c1cnn2cccc2c1N(C)[C@H]1CN(Cc2ccccc2)CC[C@H]1C. The average Bonchev–Trinajstić information content (AvgIpc) is 3.17. The lowest BCUT2D eigenvalue weighted by molar-refractivity contribution is 0.159. The Kier molecular flexibility index (Phi) is 4.83. The van der Waals surface area contributed by atoms with E-state index in [2.05, 4.69) is 64.0 Å². The Morgan fingerprint density at radius 1 is 1.22 bits per heavy atom. The van der Waals surface area contributed by atoms with Crippen molar-refractivity contribution in [1.29, 1.82) is 0 Å². The van der Waals surface area contributed by atoms with E-state index in [1.54, 1.807) is 6.20 Å². The molecule has 5 heteroatoms. The molecule has 4 rings (SSSR count). The standard InChI is InChI=1S/C22H25N5/c1-17-11-13-26(15-18-8-5-4-6-9-18)16-21(17)25(3)22-19(23-2)14-24-27-12-7-10-20(22)27/h4-10,12,14,17,21H,11,13,15-16H2,1,3H3/t17-,21+/m1/s1. The van der Waals surface area contributed by atoms with Crippen LogP contribution in [-0.2, 0) is 6.54 Å². The minimum atomic E-state index is 0.365. The molecule has 1 saturated heterocycles. The van der Waals surface area contributed by atoms with Crippen molar-refractivity contribution in [2.45, 2.75) is 25.9 Å². The highest BCUT2D eigenvalue weighted by molar-refractivity contribution is 5.85. The lowest BCUT2D eigenvalue weighted by Crippen LogP contribution is -2.50. The van der Waals surface area contributed by atoms with Gasteiger partial charge in [0.15, 0.2) is 0 Å². The van der Waals surface area contributed by atoms with Gasteiger partial charge in [0.05, 0.1) is 24.0 Å². The molecule has 0 N–H and O–H groups in total. The summed E-state index contributed by atoms with van der Waals surface area (Å²) in [7, 11) is 2.13. The number of likely N-dealkylation sites (tertiary alicyclic amines) is 1. The second-order valence-electron chi connectivity index (χ2n) is 7.49. The number of rotatable bonds is 4. The largest absolute Gasteiger partial charge is 0.377 e. The van der Waals surface area contributed by atoms with Crippen LogP contribution in [0, 0.1) is 12.5 Å². The molecule has 0 radical (unpaired) electrons. The lowest BCUT2D eigenvalue weighted by Gasteiger charge is -2.43. The second kappa shape index (κ2) is 7.42. The monoisotopic (exact) mass is 359 g/mol. The third-order valence-electron chi connectivity index (χ3n) is 5.74. The number of hydrogen-bond acceptors (Lipinski definition) is 3. The Morgan fingerprint density at radius 3 is 2.81 bits per heavy atom. The summed E-state index contributed by atoms with van der Waals surface area (Å²) in [4.78, 5) is 8.59. The van der Waals surface area contributed by atoms with Crippen LogP contribution in [0.15, 0.2) is 54.9 Å². The molecule has 0 amide bonds. The van der Waals surface area contributed by atoms with E-state index in [1.165, 1.54) is 5.56 Å². The van der Waals surface area contributed by atoms with Gasteiger partial charge in [0, 0.05) is 32.4 Å². The molecule has 138 valence electrons. The maximum absolute atomic E-state index is 7.60. The van der Waals surface area contributed by atoms with E-state index in [0.717, 1.165) is 37.3 Å². The number of anilines is 1. The van der Waals surface area contributed by atoms with Gasteiger partial charge in [-0.2, -0.15) is 5.10 Å². The fraction of sp³-hybridized carbons (Fsp3) is 0.364. The van der Waals surface area contributed by atoms with Gasteiger partial charge in [0.25, 0.3) is 0 Å². The summed E-state index contributed by atoms with van der Waals surface area (Å²) in [6.07, 6.45) is 4.78. The fourth-order valence-corrected chi connectivity index (χ4v) is 4.18. The van der Waals surface area contributed by atoms with Gasteiger partial charge in [-0.25, -0.2) is 9.36 Å². The first-order valence-corrected chi connectivity index (χ1v) is 9.50. The topological polar surface area (TPSA) is 28.1 Å². The van der Waals surface area contributed by atoms with Crippen LogP contribution in [0.1, 0.15) is 18.9 Å². The van der Waals surface area contributed by atoms with Gasteiger partial charge in [-0.3, -0.25) is 4.90 Å². The third-order valence-corrected chi connectivity index (χ3v) is 5.74. The molecule has 27 heavy (non-hydrogen) atoms. The predicted octanol–water partition coefficient (Wildman–Crippen LogP) is 4.23. The molecule has 2 atom stereocenters. The minimum Gasteiger partial charge on any atom is -0.377 e. The zero-order valence-electron chi connectivity index (χ0n) is 15.9. The number of likely N-dealkylation sites (N-methyl/N-ethyl adjacent to an activating group) is 1. The molecule has 0 bridgehead atoms. The molecule has 1 aliphatic heterocycles. The summed E-state index contributed by atoms with van der Waals surface area (Å²) in [5.74, 6) is 0.573. The molecule has 1 fully saturated rings. The van der Waals surface area contributed by atoms with Crippen LogP contribution in [0.25, 0.3) is 10.4 Å². The Balaban J connectivity index is 1.61. The third kappa shape index (κ3) is 3.41. The van der Waals surface area contributed by atoms with E-state index >= 15 is 0 Å². The summed E-state index contributed by atoms with van der Waals surface area (Å²) < 4.78 is 1.86. The maximum Gasteiger partial charge on any atom is 0.231 e. The fourth-order valence-electron chi connectivity index (χ4n) is 4.18. The van der Waals surface area contributed by atoms with Crippen LogP contribution in [0.3, 0.4) is 0 Å². The molecule has 0 aliphatic carbocycles. The molecule has 1 aromatic carbocycles. The molecule has 1 aliphatic rings. The van der Waals surface area contributed by atoms with Crippen LogP contribution in [-0.4, -0.2) is 40.7 Å². The van der Waals surface area contributed by atoms with Gasteiger partial charge < -0.3 is 4.90 Å². The van der Waals surface area contributed by atoms with Gasteiger partial charge in [-0.1, -0.05) is 37.3 Å². The van der Waals surface area contributed by atoms with Crippen molar-refractivity contribution in [3.8, 4) is 0 Å². The molecule has 2 aromatic heterocycles. The second-order valence-corrected chi connectivity index (χ2v) is 7.49. The molecule has 0 saturated carbocycles. The predicted molar refractivity (Wildman–Crippen MR) is 109 cm³/mol. The van der Waals surface area contributed by atoms with Crippen LogP contribution in [0.2, 0.25) is 0 Å². The Morgan fingerprint density at radius 2 is 2.04 bits per heavy atom. The highest BCUT2D eigenvalue weighted by Crippen LogP contribution is 2.36. The summed E-state index contributed by atoms with van der Waals surface area (Å²) in [5, 5.41) is 4.36. The van der Waals surface area contributed by atoms with Crippen molar-refractivity contribution < 1.29 is 0 Å². The van der Waals surface area contributed by atoms with Crippen LogP contribution < -0.4 is 4.90 Å². The quantitative estimate of drug-likeness (QED) is 0.653. The average molecular weight is 359 g/mol. The van der Waals surface area contributed by atoms with Gasteiger partial charge in [0.2, 0.25) is 5.69 Å². The van der Waals surface area contributed by atoms with Crippen LogP contribution in [0.4, 0.5) is 11.4 Å². The van der Waals surface area contributed by atoms with E-state index in [4.69, 9.17) is 6.57 Å². The van der Waals surface area contributed by atoms with Crippen molar-refractivity contribution >= 4 is 16.9 Å². The van der Waals surface area contributed by atoms with E-state index in [-0.39, 0.29) is 0 Å². The van der Waals surface area contributed by atoms with Crippen LogP contribution in [0.5, 0.6) is 0 Å². The first kappa shape index (κ1) is 17.6. The molecule has 0 unspecified atom stereocenters. The summed E-state index contributed by atoms with van der Waals surface area (Å²) in [6.45, 7) is 13.0. The Bertz CT molecular complexity index is 956. The van der Waals surface area contributed by atoms with Crippen molar-refractivity contribution in [1.82, 2.24) is 14.5 Å². The molecule has 3 aromatic rings. The molecule has 0 spiro atoms. The van der Waals surface area contributed by atoms with Crippen molar-refractivity contribution in [3.05, 3.63) is 71.8 Å². The number of piperidine rings is 1. The highest BCUT2D eigenvalue weighted by Gasteiger charge is 2.31. The first-order valence-electron chi connectivity index (χ1n) is 9.50. The number of benzene rings is 1. The van der Waals surface area contributed by atoms with Crippen molar-refractivity contribution in [3.63, 3.8) is 0 Å². The van der Waals surface area contributed by atoms with Gasteiger partial charge in [0.1, 0.15) is 0 Å². The summed E-state index contributed by atoms with van der Waals surface area (Å²) >= 11 is 0. The first-order chi connectivity index (χ1) is 13.2. The van der Waals surface area contributed by atoms with Gasteiger partial charge >= 0.3 is 0 Å². The van der Waals surface area contributed by atoms with Crippen molar-refractivity contribution in [2.24, 2.45) is 5.92 Å². The van der Waals surface area contributed by atoms with E-state index in [9.17, 15) is 0 Å². The van der Waals surface area contributed by atoms with Gasteiger partial charge in [-0.05, 0) is 36.6 Å². The van der Waals surface area contributed by atoms with Gasteiger partial charge in [-0.15, -0.1) is 0 Å². The molecular formula is C22H25N5. The highest BCUT2D eigenvalue weighted by atomic mass is 15.3. The van der Waals surface area contributed by atoms with E-state index in [0.29, 0.717) is 17.6 Å². The zero-order chi connectivity index (χ0) is 18.8. The number of hydrogen-bond donors (Lipinski definition) is 0.